The Morgan fingerprint density at radius 3 is 2.33 bits per heavy atom. The van der Waals surface area contributed by atoms with Gasteiger partial charge in [0.25, 0.3) is 0 Å². The van der Waals surface area contributed by atoms with E-state index in [1.165, 1.54) is 18.4 Å². The average molecular weight is 567 g/mol. The molecule has 0 saturated heterocycles. The Labute approximate surface area is 213 Å². The second-order valence-electron chi connectivity index (χ2n) is 8.39. The molecule has 7 nitrogen and oxygen atoms in total. The van der Waals surface area contributed by atoms with Crippen molar-refractivity contribution in [2.24, 2.45) is 4.99 Å². The predicted octanol–water partition coefficient (Wildman–Crippen LogP) is 4.83. The molecule has 2 aromatic carbocycles. The number of guanidine groups is 1. The van der Waals surface area contributed by atoms with Crippen molar-refractivity contribution in [3.8, 4) is 23.0 Å². The number of benzene rings is 2. The second-order valence-corrected chi connectivity index (χ2v) is 8.39. The van der Waals surface area contributed by atoms with Gasteiger partial charge in [-0.25, -0.2) is 0 Å². The lowest BCUT2D eigenvalue weighted by Gasteiger charge is -2.40. The molecule has 2 N–H and O–H groups in total. The van der Waals surface area contributed by atoms with Crippen molar-refractivity contribution < 1.29 is 18.9 Å². The molecule has 4 rings (SSSR count). The lowest BCUT2D eigenvalue weighted by molar-refractivity contribution is 0.0396. The minimum Gasteiger partial charge on any atom is -0.493 e. The van der Waals surface area contributed by atoms with Crippen LogP contribution in [0.1, 0.15) is 49.3 Å². The van der Waals surface area contributed by atoms with Gasteiger partial charge in [-0.2, -0.15) is 0 Å². The zero-order valence-electron chi connectivity index (χ0n) is 19.8. The Kier molecular flexibility index (Phi) is 8.56. The molecule has 0 aromatic heterocycles. The molecule has 2 aliphatic rings. The Morgan fingerprint density at radius 1 is 1.06 bits per heavy atom. The van der Waals surface area contributed by atoms with Gasteiger partial charge in [-0.15, -0.1) is 24.0 Å². The SMILES string of the molecule is CN=C(NCc1cc(OC)c(OC)c(OC)c1)NC1CC2(CCCC2)Oc2ccccc21.I. The Morgan fingerprint density at radius 2 is 1.73 bits per heavy atom. The number of hydrogen-bond donors (Lipinski definition) is 2. The Bertz CT molecular complexity index is 951. The largest absolute Gasteiger partial charge is 0.493 e. The van der Waals surface area contributed by atoms with Gasteiger partial charge < -0.3 is 29.6 Å². The smallest absolute Gasteiger partial charge is 0.203 e. The third-order valence-electron chi connectivity index (χ3n) is 6.43. The average Bonchev–Trinajstić information content (AvgIpc) is 3.27. The van der Waals surface area contributed by atoms with Gasteiger partial charge in [-0.05, 0) is 49.4 Å². The van der Waals surface area contributed by atoms with Gasteiger partial charge in [-0.1, -0.05) is 18.2 Å². The van der Waals surface area contributed by atoms with Crippen LogP contribution in [0.2, 0.25) is 0 Å². The molecule has 0 radical (unpaired) electrons. The monoisotopic (exact) mass is 567 g/mol. The summed E-state index contributed by atoms with van der Waals surface area (Å²) in [7, 11) is 6.64. The maximum atomic E-state index is 6.49. The van der Waals surface area contributed by atoms with E-state index in [-0.39, 0.29) is 35.6 Å². The molecular formula is C25H34IN3O4. The molecular weight excluding hydrogens is 533 g/mol. The van der Waals surface area contributed by atoms with Crippen LogP contribution in [0.5, 0.6) is 23.0 Å². The second kappa shape index (κ2) is 11.2. The molecule has 33 heavy (non-hydrogen) atoms. The molecule has 8 heteroatoms. The summed E-state index contributed by atoms with van der Waals surface area (Å²) in [6, 6.07) is 12.4. The molecule has 180 valence electrons. The van der Waals surface area contributed by atoms with Crippen molar-refractivity contribution in [1.29, 1.82) is 0 Å². The zero-order chi connectivity index (χ0) is 22.6. The van der Waals surface area contributed by atoms with E-state index in [1.807, 2.05) is 18.2 Å². The normalized spacial score (nSPS) is 18.5. The molecule has 2 aromatic rings. The zero-order valence-corrected chi connectivity index (χ0v) is 22.1. The summed E-state index contributed by atoms with van der Waals surface area (Å²) < 4.78 is 22.9. The number of ether oxygens (including phenoxy) is 4. The molecule has 1 heterocycles. The van der Waals surface area contributed by atoms with Crippen LogP contribution in [0.4, 0.5) is 0 Å². The van der Waals surface area contributed by atoms with Crippen LogP contribution < -0.4 is 29.6 Å². The number of nitrogens with zero attached hydrogens (tertiary/aromatic N) is 1. The fourth-order valence-corrected chi connectivity index (χ4v) is 4.86. The van der Waals surface area contributed by atoms with Crippen molar-refractivity contribution in [2.45, 2.75) is 50.3 Å². The van der Waals surface area contributed by atoms with E-state index in [0.717, 1.165) is 36.5 Å². The number of para-hydroxylation sites is 1. The highest BCUT2D eigenvalue weighted by molar-refractivity contribution is 14.0. The molecule has 0 amide bonds. The van der Waals surface area contributed by atoms with Crippen molar-refractivity contribution in [2.75, 3.05) is 28.4 Å². The number of nitrogens with one attached hydrogen (secondary N) is 2. The number of fused-ring (bicyclic) bond motifs is 1. The minimum atomic E-state index is -0.0679. The lowest BCUT2D eigenvalue weighted by atomic mass is 9.86. The summed E-state index contributed by atoms with van der Waals surface area (Å²) in [4.78, 5) is 4.47. The third kappa shape index (κ3) is 5.42. The predicted molar refractivity (Wildman–Crippen MR) is 140 cm³/mol. The summed E-state index contributed by atoms with van der Waals surface area (Å²) in [5.74, 6) is 3.58. The van der Waals surface area contributed by atoms with Crippen LogP contribution in [-0.4, -0.2) is 39.9 Å². The molecule has 1 spiro atoms. The summed E-state index contributed by atoms with van der Waals surface area (Å²) in [5.41, 5.74) is 2.12. The standard InChI is InChI=1S/C25H33N3O4.HI/c1-26-24(27-16-17-13-21(29-2)23(31-4)22(14-17)30-3)28-19-15-25(11-7-8-12-25)32-20-10-6-5-9-18(19)20;/h5-6,9-10,13-14,19H,7-8,11-12,15-16H2,1-4H3,(H2,26,27,28);1H. The van der Waals surface area contributed by atoms with Crippen LogP contribution in [-0.2, 0) is 6.54 Å². The number of aliphatic imine (C=N–C) groups is 1. The van der Waals surface area contributed by atoms with E-state index in [9.17, 15) is 0 Å². The van der Waals surface area contributed by atoms with E-state index in [4.69, 9.17) is 18.9 Å². The van der Waals surface area contributed by atoms with Crippen molar-refractivity contribution >= 4 is 29.9 Å². The summed E-state index contributed by atoms with van der Waals surface area (Å²) >= 11 is 0. The van der Waals surface area contributed by atoms with Crippen molar-refractivity contribution in [3.63, 3.8) is 0 Å². The van der Waals surface area contributed by atoms with Gasteiger partial charge >= 0.3 is 0 Å². The third-order valence-corrected chi connectivity index (χ3v) is 6.43. The van der Waals surface area contributed by atoms with E-state index >= 15 is 0 Å². The Hall–Kier alpha value is -2.36. The first-order chi connectivity index (χ1) is 15.6. The van der Waals surface area contributed by atoms with Gasteiger partial charge in [0, 0.05) is 25.6 Å². The van der Waals surface area contributed by atoms with Gasteiger partial charge in [0.05, 0.1) is 27.4 Å². The maximum Gasteiger partial charge on any atom is 0.203 e. The molecule has 1 aliphatic carbocycles. The highest BCUT2D eigenvalue weighted by Crippen LogP contribution is 2.47. The molecule has 1 unspecified atom stereocenters. The van der Waals surface area contributed by atoms with Crippen LogP contribution in [0.3, 0.4) is 0 Å². The van der Waals surface area contributed by atoms with Crippen molar-refractivity contribution in [3.05, 3.63) is 47.5 Å². The van der Waals surface area contributed by atoms with Gasteiger partial charge in [0.2, 0.25) is 5.75 Å². The molecule has 0 bridgehead atoms. The van der Waals surface area contributed by atoms with Crippen molar-refractivity contribution in [1.82, 2.24) is 10.6 Å². The van der Waals surface area contributed by atoms with Crippen LogP contribution in [0.15, 0.2) is 41.4 Å². The number of halogens is 1. The number of rotatable bonds is 6. The molecule has 1 atom stereocenters. The highest BCUT2D eigenvalue weighted by Gasteiger charge is 2.43. The molecule has 1 saturated carbocycles. The Balaban J connectivity index is 0.00000306. The van der Waals surface area contributed by atoms with E-state index in [0.29, 0.717) is 23.8 Å². The summed E-state index contributed by atoms with van der Waals surface area (Å²) in [5, 5.41) is 7.06. The van der Waals surface area contributed by atoms with Gasteiger partial charge in [0.15, 0.2) is 17.5 Å². The first kappa shape index (κ1) is 25.3. The van der Waals surface area contributed by atoms with Crippen LogP contribution in [0, 0.1) is 0 Å². The van der Waals surface area contributed by atoms with E-state index in [2.05, 4.69) is 33.8 Å². The first-order valence-corrected chi connectivity index (χ1v) is 11.2. The fourth-order valence-electron chi connectivity index (χ4n) is 4.86. The summed E-state index contributed by atoms with van der Waals surface area (Å²) in [6.45, 7) is 0.562. The van der Waals surface area contributed by atoms with Gasteiger partial charge in [0.1, 0.15) is 11.4 Å². The van der Waals surface area contributed by atoms with Crippen LogP contribution >= 0.6 is 24.0 Å². The molecule has 1 aliphatic heterocycles. The molecule has 1 fully saturated rings. The van der Waals surface area contributed by atoms with Crippen LogP contribution in [0.25, 0.3) is 0 Å². The topological polar surface area (TPSA) is 73.3 Å². The minimum absolute atomic E-state index is 0. The highest BCUT2D eigenvalue weighted by atomic mass is 127. The summed E-state index contributed by atoms with van der Waals surface area (Å²) in [6.07, 6.45) is 5.61. The quantitative estimate of drug-likeness (QED) is 0.296. The van der Waals surface area contributed by atoms with E-state index < -0.39 is 0 Å². The fraction of sp³-hybridized carbons (Fsp3) is 0.480. The van der Waals surface area contributed by atoms with Gasteiger partial charge in [-0.3, -0.25) is 4.99 Å². The number of methoxy groups -OCH3 is 3. The van der Waals surface area contributed by atoms with E-state index in [1.54, 1.807) is 28.4 Å². The maximum absolute atomic E-state index is 6.49. The lowest BCUT2D eigenvalue weighted by Crippen LogP contribution is -2.46. The first-order valence-electron chi connectivity index (χ1n) is 11.2. The number of hydrogen-bond acceptors (Lipinski definition) is 5.